The first-order chi connectivity index (χ1) is 11.3. The third kappa shape index (κ3) is 6.40. The number of ketones is 1. The molecule has 0 atom stereocenters. The summed E-state index contributed by atoms with van der Waals surface area (Å²) in [6.45, 7) is 1.20. The first-order valence-corrected chi connectivity index (χ1v) is 6.95. The van der Waals surface area contributed by atoms with E-state index in [1.807, 2.05) is 0 Å². The van der Waals surface area contributed by atoms with Gasteiger partial charge in [0.1, 0.15) is 6.42 Å². The average molecular weight is 338 g/mol. The Bertz CT molecular complexity index is 697. The minimum absolute atomic E-state index is 0.0432. The van der Waals surface area contributed by atoms with Crippen LogP contribution in [-0.4, -0.2) is 43.9 Å². The average Bonchev–Trinajstić information content (AvgIpc) is 2.52. The molecular weight excluding hydrogens is 320 g/mol. The summed E-state index contributed by atoms with van der Waals surface area (Å²) >= 11 is 0. The van der Waals surface area contributed by atoms with Gasteiger partial charge in [-0.2, -0.15) is 0 Å². The molecule has 0 aliphatic rings. The topological polar surface area (TPSA) is 147 Å². The van der Waals surface area contributed by atoms with Gasteiger partial charge in [-0.05, 0) is 20.0 Å². The van der Waals surface area contributed by atoms with Crippen LogP contribution in [0.4, 0.5) is 0 Å². The minimum atomic E-state index is -0.835. The molecule has 4 N–H and O–H groups in total. The van der Waals surface area contributed by atoms with Gasteiger partial charge in [0.2, 0.25) is 11.8 Å². The predicted octanol–water partition coefficient (Wildman–Crippen LogP) is -1.67. The van der Waals surface area contributed by atoms with Crippen molar-refractivity contribution in [2.24, 2.45) is 0 Å². The van der Waals surface area contributed by atoms with Crippen LogP contribution in [0, 0.1) is 0 Å². The molecule has 0 fully saturated rings. The first-order valence-electron chi connectivity index (χ1n) is 6.95. The summed E-state index contributed by atoms with van der Waals surface area (Å²) in [6, 6.07) is 2.11. The van der Waals surface area contributed by atoms with Gasteiger partial charge in [0.25, 0.3) is 5.91 Å². The lowest BCUT2D eigenvalue weighted by Crippen LogP contribution is -2.40. The Hall–Kier alpha value is -3.01. The van der Waals surface area contributed by atoms with E-state index in [0.717, 1.165) is 12.1 Å². The molecule has 0 unspecified atom stereocenters. The molecule has 0 spiro atoms. The summed E-state index contributed by atoms with van der Waals surface area (Å²) in [5, 5.41) is 9.70. The van der Waals surface area contributed by atoms with E-state index >= 15 is 0 Å². The second-order valence-corrected chi connectivity index (χ2v) is 4.68. The van der Waals surface area contributed by atoms with E-state index in [9.17, 15) is 24.0 Å². The van der Waals surface area contributed by atoms with Crippen LogP contribution in [0.15, 0.2) is 21.3 Å². The molecule has 1 heterocycles. The standard InChI is InChI=1S/C14H18N4O6/c1-8(19)9-3-10(24-13(22)4-9)14(23)18-7-17-12(21)5-11(20)16-6-15-2/h3-4,15H,5-7H2,1-2H3,(H,16,20)(H,17,21)(H,18,23). The number of Topliss-reactive ketones (excluding diaryl/α,β-unsaturated/α-hetero) is 1. The van der Waals surface area contributed by atoms with Crippen LogP contribution < -0.4 is 26.9 Å². The van der Waals surface area contributed by atoms with E-state index in [1.165, 1.54) is 6.92 Å². The third-order valence-corrected chi connectivity index (χ3v) is 2.72. The van der Waals surface area contributed by atoms with Crippen molar-refractivity contribution in [2.75, 3.05) is 20.4 Å². The number of nitrogens with one attached hydrogen (secondary N) is 4. The van der Waals surface area contributed by atoms with E-state index in [4.69, 9.17) is 4.42 Å². The highest BCUT2D eigenvalue weighted by atomic mass is 16.4. The van der Waals surface area contributed by atoms with Gasteiger partial charge in [-0.1, -0.05) is 0 Å². The van der Waals surface area contributed by atoms with Crippen LogP contribution >= 0.6 is 0 Å². The molecular formula is C14H18N4O6. The normalized spacial score (nSPS) is 9.92. The SMILES string of the molecule is CNCNC(=O)CC(=O)NCNC(=O)c1cc(C(C)=O)cc(=O)o1. The van der Waals surface area contributed by atoms with Gasteiger partial charge in [0.15, 0.2) is 11.5 Å². The Morgan fingerprint density at radius 2 is 1.62 bits per heavy atom. The lowest BCUT2D eigenvalue weighted by atomic mass is 10.2. The highest BCUT2D eigenvalue weighted by molar-refractivity contribution is 5.98. The van der Waals surface area contributed by atoms with Crippen molar-refractivity contribution in [3.8, 4) is 0 Å². The van der Waals surface area contributed by atoms with Crippen molar-refractivity contribution in [2.45, 2.75) is 13.3 Å². The van der Waals surface area contributed by atoms with Crippen molar-refractivity contribution >= 4 is 23.5 Å². The van der Waals surface area contributed by atoms with Crippen LogP contribution in [0.5, 0.6) is 0 Å². The van der Waals surface area contributed by atoms with Crippen molar-refractivity contribution in [3.05, 3.63) is 33.9 Å². The molecule has 0 bridgehead atoms. The Morgan fingerprint density at radius 3 is 2.21 bits per heavy atom. The van der Waals surface area contributed by atoms with Crippen LogP contribution in [0.25, 0.3) is 0 Å². The Morgan fingerprint density at radius 1 is 1.00 bits per heavy atom. The molecule has 0 aliphatic heterocycles. The fourth-order valence-electron chi connectivity index (χ4n) is 1.56. The van der Waals surface area contributed by atoms with Crippen molar-refractivity contribution in [1.82, 2.24) is 21.3 Å². The molecule has 1 rings (SSSR count). The molecule has 24 heavy (non-hydrogen) atoms. The van der Waals surface area contributed by atoms with Crippen molar-refractivity contribution in [1.29, 1.82) is 0 Å². The Balaban J connectivity index is 2.49. The monoisotopic (exact) mass is 338 g/mol. The molecule has 0 saturated heterocycles. The number of hydrogen-bond acceptors (Lipinski definition) is 7. The second kappa shape index (κ2) is 9.20. The van der Waals surface area contributed by atoms with Crippen molar-refractivity contribution < 1.29 is 23.6 Å². The van der Waals surface area contributed by atoms with Gasteiger partial charge in [-0.3, -0.25) is 19.2 Å². The largest absolute Gasteiger partial charge is 0.417 e. The summed E-state index contributed by atoms with van der Waals surface area (Å²) in [7, 11) is 1.63. The maximum atomic E-state index is 11.8. The maximum Gasteiger partial charge on any atom is 0.337 e. The van der Waals surface area contributed by atoms with E-state index in [-0.39, 0.29) is 24.7 Å². The summed E-state index contributed by atoms with van der Waals surface area (Å²) in [5.41, 5.74) is -0.792. The number of carbonyl (C=O) groups is 4. The number of amides is 3. The van der Waals surface area contributed by atoms with Gasteiger partial charge in [0.05, 0.1) is 13.3 Å². The maximum absolute atomic E-state index is 11.8. The van der Waals surface area contributed by atoms with Crippen LogP contribution in [0.1, 0.15) is 34.3 Å². The molecule has 1 aromatic rings. The zero-order valence-corrected chi connectivity index (χ0v) is 13.2. The Kier molecular flexibility index (Phi) is 7.30. The van der Waals surface area contributed by atoms with Gasteiger partial charge in [-0.15, -0.1) is 0 Å². The van der Waals surface area contributed by atoms with Crippen LogP contribution in [0.3, 0.4) is 0 Å². The molecule has 3 amide bonds. The molecule has 0 aliphatic carbocycles. The fourth-order valence-corrected chi connectivity index (χ4v) is 1.56. The minimum Gasteiger partial charge on any atom is -0.417 e. The first kappa shape index (κ1) is 19.0. The highest BCUT2D eigenvalue weighted by Crippen LogP contribution is 2.02. The van der Waals surface area contributed by atoms with Crippen LogP contribution in [0.2, 0.25) is 0 Å². The highest BCUT2D eigenvalue weighted by Gasteiger charge is 2.13. The molecule has 0 radical (unpaired) electrons. The summed E-state index contributed by atoms with van der Waals surface area (Å²) in [5.74, 6) is -2.60. The molecule has 10 nitrogen and oxygen atoms in total. The molecule has 0 saturated carbocycles. The van der Waals surface area contributed by atoms with E-state index in [2.05, 4.69) is 21.3 Å². The third-order valence-electron chi connectivity index (χ3n) is 2.72. The lowest BCUT2D eigenvalue weighted by Gasteiger charge is -2.07. The van der Waals surface area contributed by atoms with E-state index in [1.54, 1.807) is 7.05 Å². The zero-order chi connectivity index (χ0) is 18.1. The summed E-state index contributed by atoms with van der Waals surface area (Å²) in [4.78, 5) is 57.1. The van der Waals surface area contributed by atoms with Crippen LogP contribution in [-0.2, 0) is 9.59 Å². The fraction of sp³-hybridized carbons (Fsp3) is 0.357. The van der Waals surface area contributed by atoms with E-state index in [0.29, 0.717) is 0 Å². The Labute approximate surface area is 137 Å². The van der Waals surface area contributed by atoms with Crippen molar-refractivity contribution in [3.63, 3.8) is 0 Å². The molecule has 130 valence electrons. The van der Waals surface area contributed by atoms with Gasteiger partial charge in [0, 0.05) is 11.6 Å². The predicted molar refractivity (Wildman–Crippen MR) is 82.1 cm³/mol. The molecule has 0 aromatic carbocycles. The zero-order valence-electron chi connectivity index (χ0n) is 13.2. The van der Waals surface area contributed by atoms with Gasteiger partial charge < -0.3 is 25.7 Å². The van der Waals surface area contributed by atoms with E-state index < -0.39 is 35.6 Å². The quantitative estimate of drug-likeness (QED) is 0.252. The van der Waals surface area contributed by atoms with Gasteiger partial charge >= 0.3 is 5.63 Å². The summed E-state index contributed by atoms with van der Waals surface area (Å²) in [6.07, 6.45) is -0.396. The van der Waals surface area contributed by atoms with Gasteiger partial charge in [-0.25, -0.2) is 4.79 Å². The number of hydrogen-bond donors (Lipinski definition) is 4. The number of rotatable bonds is 8. The molecule has 1 aromatic heterocycles. The smallest absolute Gasteiger partial charge is 0.337 e. The molecule has 10 heteroatoms. The lowest BCUT2D eigenvalue weighted by molar-refractivity contribution is -0.129. The number of carbonyl (C=O) groups excluding carboxylic acids is 4. The second-order valence-electron chi connectivity index (χ2n) is 4.68. The summed E-state index contributed by atoms with van der Waals surface area (Å²) < 4.78 is 4.69.